The predicted octanol–water partition coefficient (Wildman–Crippen LogP) is 2.13. The molecule has 0 aliphatic heterocycles. The molecule has 43 heavy (non-hydrogen) atoms. The van der Waals surface area contributed by atoms with Crippen LogP contribution in [0.25, 0.3) is 0 Å². The summed E-state index contributed by atoms with van der Waals surface area (Å²) in [6.07, 6.45) is 0.248. The second-order valence-electron chi connectivity index (χ2n) is 11.8. The third kappa shape index (κ3) is 4.76. The van der Waals surface area contributed by atoms with Gasteiger partial charge in [-0.3, -0.25) is 19.3 Å². The van der Waals surface area contributed by atoms with E-state index in [0.717, 1.165) is 5.56 Å². The van der Waals surface area contributed by atoms with E-state index < -0.39 is 58.0 Å². The summed E-state index contributed by atoms with van der Waals surface area (Å²) in [7, 11) is 6.83. The Bertz CT molecular complexity index is 1600. The Morgan fingerprint density at radius 1 is 1.09 bits per heavy atom. The van der Waals surface area contributed by atoms with Crippen LogP contribution >= 0.6 is 11.6 Å². The number of primary amides is 1. The maximum Gasteiger partial charge on any atom is 0.255 e. The summed E-state index contributed by atoms with van der Waals surface area (Å²) in [6, 6.07) is 8.07. The quantitative estimate of drug-likeness (QED) is 0.255. The zero-order valence-corrected chi connectivity index (χ0v) is 25.1. The molecule has 228 valence electrons. The molecule has 0 fully saturated rings. The third-order valence-electron chi connectivity index (χ3n) is 8.82. The van der Waals surface area contributed by atoms with Crippen molar-refractivity contribution < 1.29 is 34.8 Å². The number of hydrogen-bond acceptors (Lipinski definition) is 10. The zero-order valence-electron chi connectivity index (χ0n) is 24.3. The highest BCUT2D eigenvalue weighted by molar-refractivity contribution is 6.30. The number of halogens is 1. The molecule has 0 saturated carbocycles. The van der Waals surface area contributed by atoms with Gasteiger partial charge in [0.1, 0.15) is 22.8 Å². The number of likely N-dealkylation sites (N-methyl/N-ethyl adjacent to an activating group) is 1. The lowest BCUT2D eigenvalue weighted by molar-refractivity contribution is -0.148. The summed E-state index contributed by atoms with van der Waals surface area (Å²) in [5.74, 6) is -6.71. The van der Waals surface area contributed by atoms with Crippen molar-refractivity contribution in [3.8, 4) is 5.75 Å². The van der Waals surface area contributed by atoms with Gasteiger partial charge in [0.2, 0.25) is 5.78 Å². The van der Waals surface area contributed by atoms with Crippen LogP contribution in [-0.4, -0.2) is 82.6 Å². The third-order valence-corrected chi connectivity index (χ3v) is 9.07. The van der Waals surface area contributed by atoms with Gasteiger partial charge in [-0.15, -0.1) is 0 Å². The molecule has 2 aromatic carbocycles. The number of fused-ring (bicyclic) bond motifs is 3. The Morgan fingerprint density at radius 3 is 2.33 bits per heavy atom. The normalized spacial score (nSPS) is 25.0. The molecule has 0 bridgehead atoms. The van der Waals surface area contributed by atoms with Gasteiger partial charge in [0, 0.05) is 54.9 Å². The Hall–Kier alpha value is -3.90. The summed E-state index contributed by atoms with van der Waals surface area (Å²) in [4.78, 5) is 43.2. The SMILES string of the molecule is CN(C)c1cc(CNCc2ccc(Cl)cc2)c(O)c2c1C[C@H]1C[C@H]3[C@H](N(C)C)C(O)=C(C(N)=O)C(=O)[C@@]3(O)C(O)=C1C2=O. The van der Waals surface area contributed by atoms with Gasteiger partial charge in [0.15, 0.2) is 11.4 Å². The molecule has 5 rings (SSSR count). The van der Waals surface area contributed by atoms with Gasteiger partial charge in [-0.1, -0.05) is 23.7 Å². The minimum atomic E-state index is -2.68. The second kappa shape index (κ2) is 11.0. The molecule has 7 N–H and O–H groups in total. The summed E-state index contributed by atoms with van der Waals surface area (Å²) >= 11 is 5.97. The molecule has 0 spiro atoms. The molecule has 3 aliphatic rings. The van der Waals surface area contributed by atoms with Crippen LogP contribution in [0.2, 0.25) is 5.02 Å². The van der Waals surface area contributed by atoms with Crippen molar-refractivity contribution in [1.29, 1.82) is 0 Å². The zero-order chi connectivity index (χ0) is 31.5. The number of nitrogens with zero attached hydrogens (tertiary/aromatic N) is 2. The van der Waals surface area contributed by atoms with E-state index >= 15 is 0 Å². The number of allylic oxidation sites excluding steroid dienone is 1. The molecule has 0 radical (unpaired) electrons. The molecular weight excluding hydrogens is 576 g/mol. The highest BCUT2D eigenvalue weighted by Gasteiger charge is 2.63. The van der Waals surface area contributed by atoms with E-state index in [1.807, 2.05) is 37.2 Å². The molecule has 12 heteroatoms. The lowest BCUT2D eigenvalue weighted by Gasteiger charge is -2.50. The van der Waals surface area contributed by atoms with Crippen molar-refractivity contribution in [2.75, 3.05) is 33.1 Å². The number of phenolic OH excluding ortho intramolecular Hbond substituents is 1. The van der Waals surface area contributed by atoms with Crippen LogP contribution in [0.5, 0.6) is 5.75 Å². The topological polar surface area (TPSA) is 177 Å². The molecule has 1 amide bonds. The van der Waals surface area contributed by atoms with Gasteiger partial charge in [-0.05, 0) is 62.2 Å². The second-order valence-corrected chi connectivity index (χ2v) is 12.3. The summed E-state index contributed by atoms with van der Waals surface area (Å²) in [6.45, 7) is 0.685. The number of carbonyl (C=O) groups is 3. The fraction of sp³-hybridized carbons (Fsp3) is 0.387. The van der Waals surface area contributed by atoms with Crippen molar-refractivity contribution in [1.82, 2.24) is 10.2 Å². The number of Topliss-reactive ketones (excluding diaryl/α,β-unsaturated/α-hetero) is 2. The first-order valence-electron chi connectivity index (χ1n) is 13.8. The maximum absolute atomic E-state index is 14.1. The summed E-state index contributed by atoms with van der Waals surface area (Å²) in [5.41, 5.74) is 4.37. The highest BCUT2D eigenvalue weighted by Crippen LogP contribution is 2.53. The lowest BCUT2D eigenvalue weighted by Crippen LogP contribution is -2.63. The first-order valence-corrected chi connectivity index (χ1v) is 14.2. The molecule has 2 aromatic rings. The fourth-order valence-corrected chi connectivity index (χ4v) is 6.96. The van der Waals surface area contributed by atoms with E-state index in [1.54, 1.807) is 26.2 Å². The number of carbonyl (C=O) groups excluding carboxylic acids is 3. The fourth-order valence-electron chi connectivity index (χ4n) is 6.83. The van der Waals surface area contributed by atoms with Gasteiger partial charge in [-0.2, -0.15) is 0 Å². The molecule has 0 unspecified atom stereocenters. The first-order chi connectivity index (χ1) is 20.2. The van der Waals surface area contributed by atoms with Crippen molar-refractivity contribution in [2.24, 2.45) is 17.6 Å². The largest absolute Gasteiger partial charge is 0.510 e. The molecule has 0 saturated heterocycles. The number of amides is 1. The van der Waals surface area contributed by atoms with E-state index in [0.29, 0.717) is 28.4 Å². The van der Waals surface area contributed by atoms with E-state index in [1.165, 1.54) is 4.90 Å². The van der Waals surface area contributed by atoms with Crippen LogP contribution in [-0.2, 0) is 29.1 Å². The summed E-state index contributed by atoms with van der Waals surface area (Å²) in [5, 5.41) is 49.5. The molecule has 0 aromatic heterocycles. The number of aliphatic hydroxyl groups excluding tert-OH is 2. The van der Waals surface area contributed by atoms with Crippen LogP contribution < -0.4 is 16.0 Å². The van der Waals surface area contributed by atoms with Crippen LogP contribution in [0, 0.1) is 11.8 Å². The highest BCUT2D eigenvalue weighted by atomic mass is 35.5. The Balaban J connectivity index is 1.59. The smallest absolute Gasteiger partial charge is 0.255 e. The maximum atomic E-state index is 14.1. The number of rotatable bonds is 7. The van der Waals surface area contributed by atoms with Crippen molar-refractivity contribution in [3.63, 3.8) is 0 Å². The average molecular weight is 611 g/mol. The minimum Gasteiger partial charge on any atom is -0.510 e. The molecule has 4 atom stereocenters. The van der Waals surface area contributed by atoms with Gasteiger partial charge < -0.3 is 36.4 Å². The Labute approximate surface area is 253 Å². The van der Waals surface area contributed by atoms with Crippen molar-refractivity contribution in [2.45, 2.75) is 37.6 Å². The number of nitrogens with one attached hydrogen (secondary N) is 1. The molecular formula is C31H35ClN4O7. The number of anilines is 1. The molecule has 3 aliphatic carbocycles. The van der Waals surface area contributed by atoms with Gasteiger partial charge in [0.05, 0.1) is 11.6 Å². The van der Waals surface area contributed by atoms with Crippen LogP contribution in [0.3, 0.4) is 0 Å². The Kier molecular flexibility index (Phi) is 7.80. The van der Waals surface area contributed by atoms with E-state index in [-0.39, 0.29) is 36.3 Å². The number of phenols is 1. The molecule has 11 nitrogen and oxygen atoms in total. The van der Waals surface area contributed by atoms with Gasteiger partial charge >= 0.3 is 0 Å². The minimum absolute atomic E-state index is 0.0183. The number of ketones is 2. The number of benzene rings is 2. The number of aromatic hydroxyl groups is 1. The monoisotopic (exact) mass is 610 g/mol. The van der Waals surface area contributed by atoms with E-state index in [2.05, 4.69) is 5.32 Å². The number of hydrogen-bond donors (Lipinski definition) is 6. The van der Waals surface area contributed by atoms with E-state index in [4.69, 9.17) is 17.3 Å². The van der Waals surface area contributed by atoms with Crippen molar-refractivity contribution in [3.05, 3.63) is 80.3 Å². The number of aliphatic hydroxyl groups is 3. The average Bonchev–Trinajstić information content (AvgIpc) is 2.92. The van der Waals surface area contributed by atoms with Crippen LogP contribution in [0.15, 0.2) is 53.0 Å². The van der Waals surface area contributed by atoms with E-state index in [9.17, 15) is 34.8 Å². The predicted molar refractivity (Wildman–Crippen MR) is 160 cm³/mol. The van der Waals surface area contributed by atoms with Gasteiger partial charge in [-0.25, -0.2) is 0 Å². The lowest BCUT2D eigenvalue weighted by atomic mass is 9.58. The summed E-state index contributed by atoms with van der Waals surface area (Å²) < 4.78 is 0. The first kappa shape index (κ1) is 30.6. The van der Waals surface area contributed by atoms with Crippen LogP contribution in [0.4, 0.5) is 5.69 Å². The molecule has 0 heterocycles. The van der Waals surface area contributed by atoms with Gasteiger partial charge in [0.25, 0.3) is 5.91 Å². The van der Waals surface area contributed by atoms with Crippen LogP contribution in [0.1, 0.15) is 33.5 Å². The standard InChI is InChI=1S/C31H35ClN4O7/c1-35(2)20-11-16(13-34-12-14-5-7-17(32)8-6-14)25(37)22-18(20)9-15-10-19-24(36(3)4)27(39)23(30(33)42)29(41)31(19,43)28(40)21(15)26(22)38/h5-8,11,15,19,24,34,37,39-40,43H,9-10,12-13H2,1-4H3,(H2,33,42)/t15-,19-,24-,31-/m0/s1. The van der Waals surface area contributed by atoms with Crippen molar-refractivity contribution >= 4 is 34.8 Å². The Morgan fingerprint density at radius 2 is 1.74 bits per heavy atom. The number of nitrogens with two attached hydrogens (primary N) is 1.